The van der Waals surface area contributed by atoms with E-state index in [1.165, 1.54) is 0 Å². The first kappa shape index (κ1) is 29.7. The summed E-state index contributed by atoms with van der Waals surface area (Å²) in [4.78, 5) is 47.0. The van der Waals surface area contributed by atoms with Gasteiger partial charge in [-0.3, -0.25) is 0 Å². The Morgan fingerprint density at radius 1 is 0.483 bits per heavy atom. The van der Waals surface area contributed by atoms with Gasteiger partial charge in [0.05, 0.1) is 0 Å². The van der Waals surface area contributed by atoms with E-state index >= 15 is 0 Å². The van der Waals surface area contributed by atoms with Gasteiger partial charge in [-0.1, -0.05) is 0 Å². The summed E-state index contributed by atoms with van der Waals surface area (Å²) < 4.78 is 16.0. The summed E-state index contributed by atoms with van der Waals surface area (Å²) >= 11 is 30.6. The van der Waals surface area contributed by atoms with Crippen LogP contribution in [0.25, 0.3) is 0 Å². The molecular weight excluding hydrogens is 541 g/mol. The van der Waals surface area contributed by atoms with E-state index in [9.17, 15) is 19.2 Å². The fourth-order valence-corrected chi connectivity index (χ4v) is 2.04. The molecule has 0 aliphatic rings. The molecular formula is C13H20O8S8. The Kier molecular flexibility index (Phi) is 15.0. The van der Waals surface area contributed by atoms with E-state index in [1.54, 1.807) is 0 Å². The van der Waals surface area contributed by atoms with Crippen molar-refractivity contribution < 1.29 is 38.1 Å². The van der Waals surface area contributed by atoms with Gasteiger partial charge in [0.25, 0.3) is 0 Å². The Hall–Kier alpha value is 0.680. The van der Waals surface area contributed by atoms with Crippen molar-refractivity contribution in [1.29, 1.82) is 0 Å². The van der Waals surface area contributed by atoms with Crippen LogP contribution in [-0.4, -0.2) is 68.6 Å². The average molecular weight is 561 g/mol. The van der Waals surface area contributed by atoms with Gasteiger partial charge in [-0.25, -0.2) is 19.2 Å². The molecule has 0 saturated carbocycles. The van der Waals surface area contributed by atoms with Crippen LogP contribution < -0.4 is 0 Å². The predicted octanol–water partition coefficient (Wildman–Crippen LogP) is 0.888. The Balaban J connectivity index is 5.58. The Morgan fingerprint density at radius 3 is 0.793 bits per heavy atom. The molecule has 0 atom stereocenters. The molecule has 0 bridgehead atoms. The quantitative estimate of drug-likeness (QED) is 0.0771. The van der Waals surface area contributed by atoms with Crippen LogP contribution in [0, 0.1) is 5.41 Å². The molecule has 0 amide bonds. The maximum absolute atomic E-state index is 11.8. The van der Waals surface area contributed by atoms with E-state index in [4.69, 9.17) is 18.9 Å². The summed E-state index contributed by atoms with van der Waals surface area (Å²) in [6, 6.07) is 0. The van der Waals surface area contributed by atoms with Gasteiger partial charge in [0.2, 0.25) is 0 Å². The van der Waals surface area contributed by atoms with Gasteiger partial charge in [-0.05, 0) is 0 Å². The van der Waals surface area contributed by atoms with Crippen molar-refractivity contribution in [2.45, 2.75) is 18.3 Å². The monoisotopic (exact) mass is 560 g/mol. The SMILES string of the molecule is O=C(OCC(COC(=O)C(S)S)(COC(=O)C(S)S)COC(=O)C(S)S)C(S)S. The second-order valence-electron chi connectivity index (χ2n) is 5.43. The van der Waals surface area contributed by atoms with Crippen molar-refractivity contribution in [3.8, 4) is 0 Å². The highest BCUT2D eigenvalue weighted by Gasteiger charge is 2.39. The number of rotatable bonds is 12. The summed E-state index contributed by atoms with van der Waals surface area (Å²) in [6.07, 6.45) is 0. The molecule has 0 aromatic rings. The highest BCUT2D eigenvalue weighted by atomic mass is 32.2. The van der Waals surface area contributed by atoms with Crippen LogP contribution in [0.3, 0.4) is 0 Å². The molecule has 16 heteroatoms. The third kappa shape index (κ3) is 12.3. The number of hydrogen-bond acceptors (Lipinski definition) is 16. The molecule has 0 fully saturated rings. The number of carbonyl (C=O) groups excluding carboxylic acids is 4. The third-order valence-electron chi connectivity index (χ3n) is 2.93. The first-order chi connectivity index (χ1) is 13.3. The second kappa shape index (κ2) is 14.7. The van der Waals surface area contributed by atoms with Crippen LogP contribution in [0.5, 0.6) is 0 Å². The highest BCUT2D eigenvalue weighted by molar-refractivity contribution is 8.01. The van der Waals surface area contributed by atoms with Crippen molar-refractivity contribution in [2.24, 2.45) is 5.41 Å². The minimum absolute atomic E-state index is 0.477. The van der Waals surface area contributed by atoms with Gasteiger partial charge >= 0.3 is 23.9 Å². The van der Waals surface area contributed by atoms with E-state index in [0.29, 0.717) is 0 Å². The van der Waals surface area contributed by atoms with Gasteiger partial charge in [0, 0.05) is 0 Å². The number of hydrogen-bond donors (Lipinski definition) is 8. The topological polar surface area (TPSA) is 105 Å². The summed E-state index contributed by atoms with van der Waals surface area (Å²) in [6.45, 7) is -1.91. The highest BCUT2D eigenvalue weighted by Crippen LogP contribution is 2.24. The fraction of sp³-hybridized carbons (Fsp3) is 0.692. The Bertz CT molecular complexity index is 482. The second-order valence-corrected chi connectivity index (χ2v) is 11.2. The molecule has 0 spiro atoms. The van der Waals surface area contributed by atoms with Crippen molar-refractivity contribution in [2.75, 3.05) is 26.4 Å². The molecule has 0 aliphatic carbocycles. The zero-order valence-corrected chi connectivity index (χ0v) is 21.6. The Morgan fingerprint density at radius 2 is 0.655 bits per heavy atom. The van der Waals surface area contributed by atoms with E-state index < -0.39 is 74.0 Å². The van der Waals surface area contributed by atoms with Crippen LogP contribution in [0.15, 0.2) is 0 Å². The number of ether oxygens (including phenoxy) is 4. The summed E-state index contributed by atoms with van der Waals surface area (Å²) in [5.41, 5.74) is -1.48. The standard InChI is InChI=1S/C13H20O8S8/c14-5(9(22)23)18-1-13(2-19-6(15)10(24)25,3-20-7(16)11(26)27)4-21-8(17)12(28)29/h9-12,22-29H,1-4H2. The summed E-state index contributed by atoms with van der Waals surface area (Å²) in [5.74, 6) is -3.30. The van der Waals surface area contributed by atoms with E-state index in [-0.39, 0.29) is 0 Å². The number of carbonyl (C=O) groups is 4. The lowest BCUT2D eigenvalue weighted by Crippen LogP contribution is -2.45. The fourth-order valence-electron chi connectivity index (χ4n) is 1.45. The van der Waals surface area contributed by atoms with Crippen LogP contribution >= 0.6 is 101 Å². The van der Waals surface area contributed by atoms with Gasteiger partial charge in [0.1, 0.15) is 50.2 Å². The lowest BCUT2D eigenvalue weighted by molar-refractivity contribution is -0.167. The summed E-state index contributed by atoms with van der Waals surface area (Å²) in [7, 11) is 0. The maximum atomic E-state index is 11.8. The lowest BCUT2D eigenvalue weighted by atomic mass is 9.92. The third-order valence-corrected chi connectivity index (χ3v) is 4.61. The van der Waals surface area contributed by atoms with Gasteiger partial charge in [-0.15, -0.1) is 0 Å². The number of esters is 4. The first-order valence-corrected chi connectivity index (χ1v) is 11.6. The smallest absolute Gasteiger partial charge is 0.328 e. The molecule has 0 rings (SSSR count). The van der Waals surface area contributed by atoms with E-state index in [2.05, 4.69) is 101 Å². The van der Waals surface area contributed by atoms with Crippen LogP contribution in [0.4, 0.5) is 0 Å². The lowest BCUT2D eigenvalue weighted by Gasteiger charge is -2.32. The molecule has 0 N–H and O–H groups in total. The Labute approximate surface area is 211 Å². The minimum Gasteiger partial charge on any atom is -0.463 e. The molecule has 0 aliphatic heterocycles. The van der Waals surface area contributed by atoms with Crippen LogP contribution in [0.2, 0.25) is 0 Å². The summed E-state index contributed by atoms with van der Waals surface area (Å²) in [5, 5.41) is 0. The molecule has 0 aromatic carbocycles. The van der Waals surface area contributed by atoms with Gasteiger partial charge in [-0.2, -0.15) is 101 Å². The molecule has 168 valence electrons. The molecule has 0 saturated heterocycles. The molecule has 29 heavy (non-hydrogen) atoms. The van der Waals surface area contributed by atoms with Crippen molar-refractivity contribution in [1.82, 2.24) is 0 Å². The largest absolute Gasteiger partial charge is 0.463 e. The minimum atomic E-state index is -1.48. The van der Waals surface area contributed by atoms with E-state index in [0.717, 1.165) is 0 Å². The predicted molar refractivity (Wildman–Crippen MR) is 133 cm³/mol. The van der Waals surface area contributed by atoms with Gasteiger partial charge < -0.3 is 18.9 Å². The number of thiol groups is 8. The molecule has 0 heterocycles. The zero-order valence-electron chi connectivity index (χ0n) is 14.5. The van der Waals surface area contributed by atoms with Crippen molar-refractivity contribution >= 4 is 125 Å². The molecule has 8 nitrogen and oxygen atoms in total. The van der Waals surface area contributed by atoms with Gasteiger partial charge in [0.15, 0.2) is 0 Å². The average Bonchev–Trinajstić information content (AvgIpc) is 2.64. The normalized spacial score (nSPS) is 11.7. The van der Waals surface area contributed by atoms with E-state index in [1.807, 2.05) is 0 Å². The molecule has 0 unspecified atom stereocenters. The molecule has 0 aromatic heterocycles. The molecule has 0 radical (unpaired) electrons. The van der Waals surface area contributed by atoms with Crippen molar-refractivity contribution in [3.05, 3.63) is 0 Å². The first-order valence-electron chi connectivity index (χ1n) is 7.42. The maximum Gasteiger partial charge on any atom is 0.328 e. The van der Waals surface area contributed by atoms with Crippen LogP contribution in [0.1, 0.15) is 0 Å². The van der Waals surface area contributed by atoms with Crippen molar-refractivity contribution in [3.63, 3.8) is 0 Å². The van der Waals surface area contributed by atoms with Crippen LogP contribution in [-0.2, 0) is 38.1 Å². The zero-order chi connectivity index (χ0) is 22.8.